The Morgan fingerprint density at radius 3 is 2.88 bits per heavy atom. The smallest absolute Gasteiger partial charge is 0.180 e. The highest BCUT2D eigenvalue weighted by molar-refractivity contribution is 6.11. The third-order valence-corrected chi connectivity index (χ3v) is 0.918. The number of aromatic nitrogens is 1. The van der Waals surface area contributed by atoms with Gasteiger partial charge in [-0.05, 0) is 0 Å². The lowest BCUT2D eigenvalue weighted by molar-refractivity contribution is 0.556. The summed E-state index contributed by atoms with van der Waals surface area (Å²) in [6, 6.07) is 0. The highest BCUT2D eigenvalue weighted by Crippen LogP contribution is 1.99. The van der Waals surface area contributed by atoms with Crippen LogP contribution in [0.25, 0.3) is 0 Å². The summed E-state index contributed by atoms with van der Waals surface area (Å²) in [5.41, 5.74) is 6.23. The molecule has 1 heterocycles. The maximum Gasteiger partial charge on any atom is 0.180 e. The Kier molecular flexibility index (Phi) is 1.35. The fourth-order valence-corrected chi connectivity index (χ4v) is 0.447. The van der Waals surface area contributed by atoms with Crippen molar-refractivity contribution < 1.29 is 4.42 Å². The molecule has 0 saturated heterocycles. The molecule has 1 unspecified atom stereocenters. The van der Waals surface area contributed by atoms with Crippen molar-refractivity contribution >= 4 is 7.85 Å². The highest BCUT2D eigenvalue weighted by Gasteiger charge is 1.99. The number of nitrogens with two attached hydrogens (primary N) is 1. The predicted octanol–water partition coefficient (Wildman–Crippen LogP) is -0.735. The van der Waals surface area contributed by atoms with Crippen LogP contribution in [0, 0.1) is 0 Å². The maximum atomic E-state index is 5.44. The van der Waals surface area contributed by atoms with Crippen LogP contribution in [0.1, 0.15) is 11.6 Å². The molecular weight excluding hydrogens is 103 g/mol. The number of oxazole rings is 1. The summed E-state index contributed by atoms with van der Waals surface area (Å²) >= 11 is 0. The molecule has 0 fully saturated rings. The number of hydrogen-bond acceptors (Lipinski definition) is 3. The van der Waals surface area contributed by atoms with E-state index in [2.05, 4.69) is 9.40 Å². The van der Waals surface area contributed by atoms with Crippen molar-refractivity contribution in [1.82, 2.24) is 4.98 Å². The molecule has 0 aliphatic heterocycles. The molecule has 0 saturated carbocycles. The quantitative estimate of drug-likeness (QED) is 0.484. The average molecular weight is 110 g/mol. The van der Waals surface area contributed by atoms with E-state index in [9.17, 15) is 0 Å². The van der Waals surface area contributed by atoms with Crippen molar-refractivity contribution in [3.05, 3.63) is 18.4 Å². The Labute approximate surface area is 48.3 Å². The van der Waals surface area contributed by atoms with E-state index in [0.717, 1.165) is 5.69 Å². The van der Waals surface area contributed by atoms with Crippen molar-refractivity contribution in [2.24, 2.45) is 5.73 Å². The van der Waals surface area contributed by atoms with Gasteiger partial charge in [-0.3, -0.25) is 0 Å². The summed E-state index contributed by atoms with van der Waals surface area (Å²) in [6.45, 7) is 0. The fourth-order valence-electron chi connectivity index (χ4n) is 0.447. The van der Waals surface area contributed by atoms with E-state index >= 15 is 0 Å². The molecule has 3 nitrogen and oxygen atoms in total. The third-order valence-electron chi connectivity index (χ3n) is 0.918. The monoisotopic (exact) mass is 110 g/mol. The second-order valence-corrected chi connectivity index (χ2v) is 1.70. The van der Waals surface area contributed by atoms with Gasteiger partial charge < -0.3 is 10.2 Å². The Morgan fingerprint density at radius 1 is 1.88 bits per heavy atom. The van der Waals surface area contributed by atoms with Gasteiger partial charge in [0.25, 0.3) is 0 Å². The van der Waals surface area contributed by atoms with Crippen LogP contribution in [0.2, 0.25) is 0 Å². The summed E-state index contributed by atoms with van der Waals surface area (Å²) in [5, 5.41) is 0. The van der Waals surface area contributed by atoms with E-state index in [1.807, 2.05) is 7.85 Å². The van der Waals surface area contributed by atoms with Crippen molar-refractivity contribution in [1.29, 1.82) is 0 Å². The zero-order chi connectivity index (χ0) is 5.98. The SMILES string of the molecule is BC(N)c1cocn1. The molecule has 8 heavy (non-hydrogen) atoms. The van der Waals surface area contributed by atoms with E-state index in [0.29, 0.717) is 0 Å². The maximum absolute atomic E-state index is 5.44. The van der Waals surface area contributed by atoms with Crippen LogP contribution in [-0.4, -0.2) is 12.8 Å². The lowest BCUT2D eigenvalue weighted by Crippen LogP contribution is -2.09. The van der Waals surface area contributed by atoms with Gasteiger partial charge in [0.05, 0.1) is 5.69 Å². The molecule has 1 rings (SSSR count). The fraction of sp³-hybridized carbons (Fsp3) is 0.250. The Balaban J connectivity index is 2.77. The molecule has 4 heteroatoms. The molecule has 0 bridgehead atoms. The zero-order valence-electron chi connectivity index (χ0n) is 4.66. The number of hydrogen-bond donors (Lipinski definition) is 1. The van der Waals surface area contributed by atoms with E-state index in [1.165, 1.54) is 6.39 Å². The number of rotatable bonds is 1. The van der Waals surface area contributed by atoms with Gasteiger partial charge >= 0.3 is 0 Å². The topological polar surface area (TPSA) is 52.0 Å². The van der Waals surface area contributed by atoms with Crippen molar-refractivity contribution in [2.45, 2.75) is 5.94 Å². The molecule has 1 aromatic rings. The molecular formula is C4H7BN2O. The van der Waals surface area contributed by atoms with Gasteiger partial charge in [0, 0.05) is 5.94 Å². The number of nitrogens with zero attached hydrogens (tertiary/aromatic N) is 1. The minimum atomic E-state index is -0.0197. The van der Waals surface area contributed by atoms with Gasteiger partial charge in [0.15, 0.2) is 6.39 Å². The van der Waals surface area contributed by atoms with E-state index in [1.54, 1.807) is 6.26 Å². The van der Waals surface area contributed by atoms with Gasteiger partial charge in [-0.15, -0.1) is 0 Å². The second kappa shape index (κ2) is 2.00. The van der Waals surface area contributed by atoms with Crippen molar-refractivity contribution in [3.63, 3.8) is 0 Å². The lowest BCUT2D eigenvalue weighted by Gasteiger charge is -1.93. The normalized spacial score (nSPS) is 13.6. The molecule has 0 spiro atoms. The molecule has 1 atom stereocenters. The first kappa shape index (κ1) is 5.37. The summed E-state index contributed by atoms with van der Waals surface area (Å²) < 4.78 is 4.68. The molecule has 1 aromatic heterocycles. The Hall–Kier alpha value is -0.765. The molecule has 0 aromatic carbocycles. The van der Waals surface area contributed by atoms with Crippen molar-refractivity contribution in [2.75, 3.05) is 0 Å². The molecule has 0 radical (unpaired) electrons. The van der Waals surface area contributed by atoms with Crippen LogP contribution in [0.15, 0.2) is 17.1 Å². The first-order chi connectivity index (χ1) is 3.80. The van der Waals surface area contributed by atoms with E-state index in [-0.39, 0.29) is 5.94 Å². The minimum Gasteiger partial charge on any atom is -0.451 e. The molecule has 0 amide bonds. The summed E-state index contributed by atoms with van der Waals surface area (Å²) in [7, 11) is 1.86. The van der Waals surface area contributed by atoms with E-state index < -0.39 is 0 Å². The molecule has 0 aliphatic carbocycles. The van der Waals surface area contributed by atoms with Crippen LogP contribution in [0.4, 0.5) is 0 Å². The third kappa shape index (κ3) is 0.896. The van der Waals surface area contributed by atoms with E-state index in [4.69, 9.17) is 5.73 Å². The van der Waals surface area contributed by atoms with Crippen LogP contribution in [-0.2, 0) is 0 Å². The van der Waals surface area contributed by atoms with Gasteiger partial charge in [-0.2, -0.15) is 0 Å². The highest BCUT2D eigenvalue weighted by atomic mass is 16.3. The molecule has 0 aliphatic rings. The van der Waals surface area contributed by atoms with Gasteiger partial charge in [0.1, 0.15) is 14.1 Å². The Bertz CT molecular complexity index is 149. The Morgan fingerprint density at radius 2 is 2.62 bits per heavy atom. The van der Waals surface area contributed by atoms with Gasteiger partial charge in [-0.25, -0.2) is 4.98 Å². The van der Waals surface area contributed by atoms with Crippen LogP contribution in [0.5, 0.6) is 0 Å². The van der Waals surface area contributed by atoms with Gasteiger partial charge in [0.2, 0.25) is 0 Å². The summed E-state index contributed by atoms with van der Waals surface area (Å²) in [5.74, 6) is -0.0197. The largest absolute Gasteiger partial charge is 0.451 e. The first-order valence-corrected chi connectivity index (χ1v) is 2.44. The predicted molar refractivity (Wildman–Crippen MR) is 32.0 cm³/mol. The average Bonchev–Trinajstić information content (AvgIpc) is 2.12. The summed E-state index contributed by atoms with van der Waals surface area (Å²) in [4.78, 5) is 3.82. The van der Waals surface area contributed by atoms with Crippen LogP contribution < -0.4 is 5.73 Å². The zero-order valence-corrected chi connectivity index (χ0v) is 4.66. The molecule has 42 valence electrons. The summed E-state index contributed by atoms with van der Waals surface area (Å²) in [6.07, 6.45) is 2.92. The lowest BCUT2D eigenvalue weighted by atomic mass is 9.95. The second-order valence-electron chi connectivity index (χ2n) is 1.70. The van der Waals surface area contributed by atoms with Crippen LogP contribution >= 0.6 is 0 Å². The minimum absolute atomic E-state index is 0.0197. The first-order valence-electron chi connectivity index (χ1n) is 2.44. The van der Waals surface area contributed by atoms with Crippen molar-refractivity contribution in [3.8, 4) is 0 Å². The molecule has 2 N–H and O–H groups in total. The standard InChI is InChI=1S/C4H7BN2O/c5-4(6)3-1-8-2-7-3/h1-2,4H,5-6H2. The van der Waals surface area contributed by atoms with Gasteiger partial charge in [-0.1, -0.05) is 0 Å². The van der Waals surface area contributed by atoms with Crippen LogP contribution in [0.3, 0.4) is 0 Å².